The maximum absolute atomic E-state index is 13.9. The van der Waals surface area contributed by atoms with Gasteiger partial charge in [-0.15, -0.1) is 0 Å². The molecular weight excluding hydrogens is 453 g/mol. The van der Waals surface area contributed by atoms with Crippen molar-refractivity contribution in [1.82, 2.24) is 29.5 Å². The number of aromatic nitrogens is 6. The lowest BCUT2D eigenvalue weighted by Crippen LogP contribution is -2.23. The molecule has 1 aliphatic rings. The number of anilines is 1. The van der Waals surface area contributed by atoms with Crippen molar-refractivity contribution in [1.29, 1.82) is 0 Å². The third-order valence-electron chi connectivity index (χ3n) is 6.90. The van der Waals surface area contributed by atoms with Gasteiger partial charge in [-0.05, 0) is 54.9 Å². The number of nitrogens with zero attached hydrogens (tertiary/aromatic N) is 5. The van der Waals surface area contributed by atoms with Crippen LogP contribution in [0.5, 0.6) is 0 Å². The molecule has 6 rings (SSSR count). The van der Waals surface area contributed by atoms with E-state index in [-0.39, 0.29) is 12.0 Å². The van der Waals surface area contributed by atoms with E-state index < -0.39 is 5.82 Å². The largest absolute Gasteiger partial charge is 0.358 e. The van der Waals surface area contributed by atoms with Gasteiger partial charge >= 0.3 is 0 Å². The molecule has 1 aliphatic carbocycles. The molecule has 0 fully saturated rings. The standard InChI is InChI=1S/C28H28FN7/c1-17(2)23-16-31-36-27(23)34-26(20-12-21(29)15-30-14-20)35-28(36)32-22-9-8-19-13-25(33-24(19)11-10-22)18-6-4-3-5-7-18/h3-7,12-17,22,33H,8-11H2,1-2H3,(H,32,34,35). The zero-order valence-electron chi connectivity index (χ0n) is 20.4. The molecule has 7 nitrogen and oxygen atoms in total. The first-order valence-corrected chi connectivity index (χ1v) is 12.4. The van der Waals surface area contributed by atoms with E-state index in [1.807, 2.05) is 12.3 Å². The van der Waals surface area contributed by atoms with Crippen LogP contribution in [0.25, 0.3) is 28.3 Å². The lowest BCUT2D eigenvalue weighted by Gasteiger charge is -2.18. The van der Waals surface area contributed by atoms with E-state index in [9.17, 15) is 4.39 Å². The molecule has 4 aromatic heterocycles. The van der Waals surface area contributed by atoms with Gasteiger partial charge in [-0.2, -0.15) is 14.6 Å². The van der Waals surface area contributed by atoms with E-state index in [4.69, 9.17) is 9.97 Å². The van der Waals surface area contributed by atoms with Crippen molar-refractivity contribution < 1.29 is 4.39 Å². The molecule has 1 unspecified atom stereocenters. The monoisotopic (exact) mass is 481 g/mol. The molecule has 5 aromatic rings. The maximum atomic E-state index is 13.9. The van der Waals surface area contributed by atoms with E-state index in [1.54, 1.807) is 10.7 Å². The molecule has 0 spiro atoms. The van der Waals surface area contributed by atoms with Crippen LogP contribution in [0.2, 0.25) is 0 Å². The van der Waals surface area contributed by atoms with E-state index in [1.165, 1.54) is 34.8 Å². The number of rotatable bonds is 5. The zero-order chi connectivity index (χ0) is 24.6. The Morgan fingerprint density at radius 1 is 1.00 bits per heavy atom. The van der Waals surface area contributed by atoms with Gasteiger partial charge in [-0.25, -0.2) is 9.37 Å². The predicted octanol–water partition coefficient (Wildman–Crippen LogP) is 5.80. The quantitative estimate of drug-likeness (QED) is 0.310. The summed E-state index contributed by atoms with van der Waals surface area (Å²) in [6.45, 7) is 4.22. The molecule has 1 atom stereocenters. The summed E-state index contributed by atoms with van der Waals surface area (Å²) in [5.74, 6) is 0.880. The van der Waals surface area contributed by atoms with Crippen molar-refractivity contribution in [2.45, 2.75) is 51.5 Å². The summed E-state index contributed by atoms with van der Waals surface area (Å²) < 4.78 is 15.7. The Hall–Kier alpha value is -4.07. The molecule has 0 radical (unpaired) electrons. The average molecular weight is 482 g/mol. The number of aryl methyl sites for hydroxylation is 2. The summed E-state index contributed by atoms with van der Waals surface area (Å²) in [5.41, 5.74) is 7.36. The fourth-order valence-corrected chi connectivity index (χ4v) is 4.94. The second-order valence-corrected chi connectivity index (χ2v) is 9.72. The van der Waals surface area contributed by atoms with Gasteiger partial charge in [0.25, 0.3) is 0 Å². The molecule has 0 amide bonds. The minimum absolute atomic E-state index is 0.217. The van der Waals surface area contributed by atoms with Gasteiger partial charge in [0.1, 0.15) is 5.82 Å². The van der Waals surface area contributed by atoms with Crippen LogP contribution in [-0.2, 0) is 12.8 Å². The molecule has 4 heterocycles. The summed E-state index contributed by atoms with van der Waals surface area (Å²) in [6, 6.07) is 14.4. The molecule has 0 aliphatic heterocycles. The number of nitrogens with one attached hydrogen (secondary N) is 2. The van der Waals surface area contributed by atoms with Crippen LogP contribution in [0, 0.1) is 5.82 Å². The number of H-pyrrole nitrogens is 1. The SMILES string of the molecule is CC(C)c1cnn2c(NC3CCc4cc(-c5ccccc5)[nH]c4CC3)nc(-c3cncc(F)c3)nc12. The highest BCUT2D eigenvalue weighted by atomic mass is 19.1. The predicted molar refractivity (Wildman–Crippen MR) is 138 cm³/mol. The number of pyridine rings is 1. The van der Waals surface area contributed by atoms with Gasteiger partial charge in [0.05, 0.1) is 12.4 Å². The molecule has 0 saturated heterocycles. The van der Waals surface area contributed by atoms with Crippen molar-refractivity contribution in [3.63, 3.8) is 0 Å². The van der Waals surface area contributed by atoms with E-state index in [2.05, 4.69) is 64.6 Å². The summed E-state index contributed by atoms with van der Waals surface area (Å²) in [4.78, 5) is 17.1. The molecule has 0 bridgehead atoms. The molecule has 8 heteroatoms. The molecular formula is C28H28FN7. The van der Waals surface area contributed by atoms with Crippen LogP contribution in [0.4, 0.5) is 10.3 Å². The highest BCUT2D eigenvalue weighted by molar-refractivity contribution is 5.63. The molecule has 0 saturated carbocycles. The molecule has 36 heavy (non-hydrogen) atoms. The van der Waals surface area contributed by atoms with Gasteiger partial charge in [-0.3, -0.25) is 4.98 Å². The van der Waals surface area contributed by atoms with Crippen LogP contribution in [0.3, 0.4) is 0 Å². The highest BCUT2D eigenvalue weighted by Gasteiger charge is 2.22. The smallest absolute Gasteiger partial charge is 0.228 e. The Bertz CT molecular complexity index is 1490. The Morgan fingerprint density at radius 3 is 2.64 bits per heavy atom. The minimum atomic E-state index is -0.414. The molecule has 1 aromatic carbocycles. The van der Waals surface area contributed by atoms with Gasteiger partial charge in [0.15, 0.2) is 11.5 Å². The fourth-order valence-electron chi connectivity index (χ4n) is 4.94. The summed E-state index contributed by atoms with van der Waals surface area (Å²) in [6.07, 6.45) is 8.47. The average Bonchev–Trinajstić information content (AvgIpc) is 3.46. The first-order chi connectivity index (χ1) is 17.5. The topological polar surface area (TPSA) is 83.8 Å². The Balaban J connectivity index is 1.29. The number of hydrogen-bond donors (Lipinski definition) is 2. The summed E-state index contributed by atoms with van der Waals surface area (Å²) in [7, 11) is 0. The number of benzene rings is 1. The van der Waals surface area contributed by atoms with Crippen molar-refractivity contribution in [3.05, 3.63) is 83.7 Å². The second kappa shape index (κ2) is 9.18. The number of halogens is 1. The van der Waals surface area contributed by atoms with Crippen LogP contribution in [-0.4, -0.2) is 35.6 Å². The van der Waals surface area contributed by atoms with Crippen LogP contribution in [0.1, 0.15) is 49.4 Å². The summed E-state index contributed by atoms with van der Waals surface area (Å²) >= 11 is 0. The Kier molecular flexibility index (Phi) is 5.71. The zero-order valence-corrected chi connectivity index (χ0v) is 20.4. The van der Waals surface area contributed by atoms with Crippen LogP contribution in [0.15, 0.2) is 61.1 Å². The Morgan fingerprint density at radius 2 is 1.83 bits per heavy atom. The van der Waals surface area contributed by atoms with E-state index in [0.29, 0.717) is 17.3 Å². The van der Waals surface area contributed by atoms with E-state index >= 15 is 0 Å². The van der Waals surface area contributed by atoms with Crippen LogP contribution >= 0.6 is 0 Å². The van der Waals surface area contributed by atoms with E-state index in [0.717, 1.165) is 36.9 Å². The maximum Gasteiger partial charge on any atom is 0.228 e. The number of hydrogen-bond acceptors (Lipinski definition) is 5. The second-order valence-electron chi connectivity index (χ2n) is 9.72. The third-order valence-corrected chi connectivity index (χ3v) is 6.90. The van der Waals surface area contributed by atoms with Crippen molar-refractivity contribution >= 4 is 11.6 Å². The van der Waals surface area contributed by atoms with Crippen molar-refractivity contribution in [2.24, 2.45) is 0 Å². The highest BCUT2D eigenvalue weighted by Crippen LogP contribution is 2.29. The molecule has 182 valence electrons. The van der Waals surface area contributed by atoms with Gasteiger partial charge in [0, 0.05) is 34.8 Å². The lowest BCUT2D eigenvalue weighted by atomic mass is 10.1. The molecule has 2 N–H and O–H groups in total. The number of aromatic amines is 1. The van der Waals surface area contributed by atoms with Gasteiger partial charge < -0.3 is 10.3 Å². The minimum Gasteiger partial charge on any atom is -0.358 e. The number of fused-ring (bicyclic) bond motifs is 2. The lowest BCUT2D eigenvalue weighted by molar-refractivity contribution is 0.614. The Labute approximate surface area is 208 Å². The normalized spacial score (nSPS) is 15.7. The van der Waals surface area contributed by atoms with Crippen molar-refractivity contribution in [2.75, 3.05) is 5.32 Å². The van der Waals surface area contributed by atoms with Crippen LogP contribution < -0.4 is 5.32 Å². The first kappa shape index (κ1) is 22.4. The van der Waals surface area contributed by atoms with Crippen molar-refractivity contribution in [3.8, 4) is 22.6 Å². The van der Waals surface area contributed by atoms with Gasteiger partial charge in [0.2, 0.25) is 5.95 Å². The fraction of sp³-hybridized carbons (Fsp3) is 0.286. The van der Waals surface area contributed by atoms with Gasteiger partial charge in [-0.1, -0.05) is 44.2 Å². The first-order valence-electron chi connectivity index (χ1n) is 12.4. The third kappa shape index (κ3) is 4.23. The summed E-state index contributed by atoms with van der Waals surface area (Å²) in [5, 5.41) is 8.22.